The molecule has 0 saturated heterocycles. The first kappa shape index (κ1) is 17.1. The lowest BCUT2D eigenvalue weighted by molar-refractivity contribution is 0.0993. The Morgan fingerprint density at radius 1 is 1.00 bits per heavy atom. The molecule has 122 valence electrons. The average Bonchev–Trinajstić information content (AvgIpc) is 2.60. The number of anilines is 2. The van der Waals surface area contributed by atoms with E-state index in [1.54, 1.807) is 4.90 Å². The second-order valence-corrected chi connectivity index (χ2v) is 6.17. The Hall–Kier alpha value is -2.29. The minimum absolute atomic E-state index is 0.0107. The summed E-state index contributed by atoms with van der Waals surface area (Å²) >= 11 is 0. The summed E-state index contributed by atoms with van der Waals surface area (Å²) in [5.74, 6) is 0.457. The maximum Gasteiger partial charge on any atom is 0.258 e. The summed E-state index contributed by atoms with van der Waals surface area (Å²) in [5.41, 5.74) is 3.99. The van der Waals surface area contributed by atoms with Gasteiger partial charge < -0.3 is 9.80 Å². The van der Waals surface area contributed by atoms with E-state index in [0.29, 0.717) is 11.5 Å². The lowest BCUT2D eigenvalue weighted by atomic mass is 10.0. The Bertz CT molecular complexity index is 662. The van der Waals surface area contributed by atoms with Crippen molar-refractivity contribution in [3.8, 4) is 0 Å². The maximum atomic E-state index is 12.7. The van der Waals surface area contributed by atoms with Crippen LogP contribution in [0.5, 0.6) is 0 Å². The van der Waals surface area contributed by atoms with Crippen LogP contribution in [-0.2, 0) is 0 Å². The van der Waals surface area contributed by atoms with Gasteiger partial charge in [0.1, 0.15) is 0 Å². The minimum atomic E-state index is 0.0107. The highest BCUT2D eigenvalue weighted by Crippen LogP contribution is 2.22. The third-order valence-electron chi connectivity index (χ3n) is 4.26. The first-order valence-corrected chi connectivity index (χ1v) is 8.13. The number of hydrogen-bond donors (Lipinski definition) is 0. The van der Waals surface area contributed by atoms with E-state index < -0.39 is 0 Å². The smallest absolute Gasteiger partial charge is 0.258 e. The summed E-state index contributed by atoms with van der Waals surface area (Å²) in [7, 11) is 3.87. The third kappa shape index (κ3) is 3.92. The highest BCUT2D eigenvalue weighted by atomic mass is 16.2. The molecule has 0 fully saturated rings. The molecule has 0 N–H and O–H groups in total. The predicted molar refractivity (Wildman–Crippen MR) is 98.7 cm³/mol. The van der Waals surface area contributed by atoms with Gasteiger partial charge in [0.05, 0.1) is 0 Å². The lowest BCUT2D eigenvalue weighted by Crippen LogP contribution is -2.26. The van der Waals surface area contributed by atoms with E-state index >= 15 is 0 Å². The Morgan fingerprint density at radius 2 is 1.65 bits per heavy atom. The largest absolute Gasteiger partial charge is 0.375 e. The van der Waals surface area contributed by atoms with Crippen molar-refractivity contribution < 1.29 is 4.79 Å². The first-order valence-electron chi connectivity index (χ1n) is 8.13. The van der Waals surface area contributed by atoms with Gasteiger partial charge in [-0.2, -0.15) is 0 Å². The van der Waals surface area contributed by atoms with Crippen LogP contribution in [0.1, 0.15) is 42.6 Å². The topological polar surface area (TPSA) is 23.6 Å². The first-order chi connectivity index (χ1) is 10.9. The van der Waals surface area contributed by atoms with E-state index in [1.807, 2.05) is 50.5 Å². The fraction of sp³-hybridized carbons (Fsp3) is 0.350. The molecule has 0 atom stereocenters. The summed E-state index contributed by atoms with van der Waals surface area (Å²) in [4.78, 5) is 16.5. The van der Waals surface area contributed by atoms with Gasteiger partial charge in [-0.25, -0.2) is 0 Å². The molecule has 0 saturated carbocycles. The molecular formula is C20H26N2O. The Balaban J connectivity index is 2.21. The quantitative estimate of drug-likeness (QED) is 0.809. The maximum absolute atomic E-state index is 12.7. The molecule has 0 aliphatic heterocycles. The van der Waals surface area contributed by atoms with Crippen molar-refractivity contribution in [1.82, 2.24) is 0 Å². The number of amides is 1. The second kappa shape index (κ2) is 7.32. The zero-order chi connectivity index (χ0) is 17.0. The number of hydrogen-bond acceptors (Lipinski definition) is 2. The fourth-order valence-electron chi connectivity index (χ4n) is 2.44. The molecule has 0 radical (unpaired) electrons. The van der Waals surface area contributed by atoms with Gasteiger partial charge >= 0.3 is 0 Å². The monoisotopic (exact) mass is 310 g/mol. The van der Waals surface area contributed by atoms with Crippen molar-refractivity contribution in [2.24, 2.45) is 0 Å². The average molecular weight is 310 g/mol. The zero-order valence-electron chi connectivity index (χ0n) is 14.7. The number of rotatable bonds is 5. The van der Waals surface area contributed by atoms with Gasteiger partial charge in [0, 0.05) is 37.6 Å². The van der Waals surface area contributed by atoms with Crippen molar-refractivity contribution in [1.29, 1.82) is 0 Å². The molecular weight excluding hydrogens is 284 g/mol. The van der Waals surface area contributed by atoms with Crippen LogP contribution in [0.4, 0.5) is 11.4 Å². The Labute approximate surface area is 139 Å². The van der Waals surface area contributed by atoms with Gasteiger partial charge in [-0.1, -0.05) is 26.0 Å². The molecule has 3 nitrogen and oxygen atoms in total. The van der Waals surface area contributed by atoms with Gasteiger partial charge in [0.15, 0.2) is 0 Å². The van der Waals surface area contributed by atoms with Crippen LogP contribution in [0.25, 0.3) is 0 Å². The molecule has 23 heavy (non-hydrogen) atoms. The third-order valence-corrected chi connectivity index (χ3v) is 4.26. The highest BCUT2D eigenvalue weighted by Gasteiger charge is 2.14. The van der Waals surface area contributed by atoms with Crippen molar-refractivity contribution >= 4 is 17.3 Å². The van der Waals surface area contributed by atoms with Crippen LogP contribution in [0, 0.1) is 0 Å². The molecule has 0 aliphatic rings. The summed E-state index contributed by atoms with van der Waals surface area (Å²) in [6.45, 7) is 7.36. The van der Waals surface area contributed by atoms with E-state index in [4.69, 9.17) is 0 Å². The van der Waals surface area contributed by atoms with Gasteiger partial charge in [-0.3, -0.25) is 4.79 Å². The molecule has 0 unspecified atom stereocenters. The molecule has 1 amide bonds. The van der Waals surface area contributed by atoms with E-state index in [2.05, 4.69) is 37.8 Å². The van der Waals surface area contributed by atoms with E-state index in [-0.39, 0.29) is 5.91 Å². The van der Waals surface area contributed by atoms with E-state index in [0.717, 1.165) is 17.9 Å². The SMILES string of the molecule is CCN(C)c1ccc(C(=O)N(C)c2cccc(C(C)C)c2)cc1. The molecule has 2 rings (SSSR count). The Kier molecular flexibility index (Phi) is 5.43. The van der Waals surface area contributed by atoms with Crippen LogP contribution in [0.2, 0.25) is 0 Å². The normalized spacial score (nSPS) is 10.7. The number of nitrogens with zero attached hydrogens (tertiary/aromatic N) is 2. The molecule has 0 spiro atoms. The molecule has 0 bridgehead atoms. The number of carbonyl (C=O) groups is 1. The van der Waals surface area contributed by atoms with Crippen LogP contribution >= 0.6 is 0 Å². The fourth-order valence-corrected chi connectivity index (χ4v) is 2.44. The van der Waals surface area contributed by atoms with Crippen molar-refractivity contribution in [3.63, 3.8) is 0 Å². The second-order valence-electron chi connectivity index (χ2n) is 6.17. The van der Waals surface area contributed by atoms with Crippen LogP contribution < -0.4 is 9.80 Å². The molecule has 0 heterocycles. The van der Waals surface area contributed by atoms with Crippen LogP contribution in [0.15, 0.2) is 48.5 Å². The summed E-state index contributed by atoms with van der Waals surface area (Å²) < 4.78 is 0. The van der Waals surface area contributed by atoms with E-state index in [9.17, 15) is 4.79 Å². The molecule has 2 aromatic rings. The van der Waals surface area contributed by atoms with Gasteiger partial charge in [0.2, 0.25) is 0 Å². The van der Waals surface area contributed by atoms with Crippen molar-refractivity contribution in [2.45, 2.75) is 26.7 Å². The number of carbonyl (C=O) groups excluding carboxylic acids is 1. The van der Waals surface area contributed by atoms with Gasteiger partial charge in [-0.15, -0.1) is 0 Å². The highest BCUT2D eigenvalue weighted by molar-refractivity contribution is 6.05. The van der Waals surface area contributed by atoms with Crippen molar-refractivity contribution in [3.05, 3.63) is 59.7 Å². The van der Waals surface area contributed by atoms with Crippen molar-refractivity contribution in [2.75, 3.05) is 30.4 Å². The summed E-state index contributed by atoms with van der Waals surface area (Å²) in [5, 5.41) is 0. The van der Waals surface area contributed by atoms with Crippen LogP contribution in [0.3, 0.4) is 0 Å². The lowest BCUT2D eigenvalue weighted by Gasteiger charge is -2.20. The minimum Gasteiger partial charge on any atom is -0.375 e. The summed E-state index contributed by atoms with van der Waals surface area (Å²) in [6.07, 6.45) is 0. The van der Waals surface area contributed by atoms with Gasteiger partial charge in [0.25, 0.3) is 5.91 Å². The molecule has 0 aliphatic carbocycles. The zero-order valence-corrected chi connectivity index (χ0v) is 14.7. The molecule has 0 aromatic heterocycles. The number of benzene rings is 2. The summed E-state index contributed by atoms with van der Waals surface area (Å²) in [6, 6.07) is 15.9. The molecule has 2 aromatic carbocycles. The predicted octanol–water partition coefficient (Wildman–Crippen LogP) is 4.54. The standard InChI is InChI=1S/C20H26N2O/c1-6-21(4)18-12-10-16(11-13-18)20(23)22(5)19-9-7-8-17(14-19)15(2)3/h7-15H,6H2,1-5H3. The van der Waals surface area contributed by atoms with E-state index in [1.165, 1.54) is 5.56 Å². The molecule has 3 heteroatoms. The van der Waals surface area contributed by atoms with Crippen LogP contribution in [-0.4, -0.2) is 26.5 Å². The Morgan fingerprint density at radius 3 is 2.22 bits per heavy atom. The van der Waals surface area contributed by atoms with Gasteiger partial charge in [-0.05, 0) is 54.8 Å².